The van der Waals surface area contributed by atoms with E-state index in [1.54, 1.807) is 6.07 Å². The molecular weight excluding hydrogens is 278 g/mol. The minimum atomic E-state index is -3.39. The maximum Gasteiger partial charge on any atom is 0.250 e. The van der Waals surface area contributed by atoms with Gasteiger partial charge in [0.1, 0.15) is 4.21 Å². The minimum Gasteiger partial charge on any atom is -0.209 e. The summed E-state index contributed by atoms with van der Waals surface area (Å²) < 4.78 is 26.8. The number of halogens is 1. The third kappa shape index (κ3) is 4.25. The van der Waals surface area contributed by atoms with Crippen molar-refractivity contribution in [3.63, 3.8) is 0 Å². The summed E-state index contributed by atoms with van der Waals surface area (Å²) in [7, 11) is -3.39. The van der Waals surface area contributed by atoms with Crippen molar-refractivity contribution in [2.75, 3.05) is 6.54 Å². The summed E-state index contributed by atoms with van der Waals surface area (Å²) in [5.41, 5.74) is 0. The monoisotopic (exact) mass is 295 g/mol. The molecule has 1 heterocycles. The lowest BCUT2D eigenvalue weighted by atomic mass is 10.1. The van der Waals surface area contributed by atoms with E-state index < -0.39 is 10.0 Å². The van der Waals surface area contributed by atoms with Crippen molar-refractivity contribution in [3.05, 3.63) is 17.0 Å². The standard InChI is InChI=1S/C11H18ClNO2S2/c1-4-9-5-6-11(16-9)17(14,15)13-7-10(12)8(2)3/h5-6,8,10,13H,4,7H2,1-3H3. The first-order valence-electron chi connectivity index (χ1n) is 5.59. The zero-order valence-corrected chi connectivity index (χ0v) is 12.6. The first kappa shape index (κ1) is 15.0. The van der Waals surface area contributed by atoms with Gasteiger partial charge in [-0.1, -0.05) is 20.8 Å². The molecule has 1 unspecified atom stereocenters. The molecule has 1 aromatic rings. The van der Waals surface area contributed by atoms with Gasteiger partial charge in [-0.2, -0.15) is 0 Å². The molecular formula is C11H18ClNO2S2. The van der Waals surface area contributed by atoms with E-state index in [9.17, 15) is 8.42 Å². The fraction of sp³-hybridized carbons (Fsp3) is 0.636. The van der Waals surface area contributed by atoms with Crippen LogP contribution in [-0.2, 0) is 16.4 Å². The van der Waals surface area contributed by atoms with Crippen LogP contribution in [-0.4, -0.2) is 20.3 Å². The third-order valence-electron chi connectivity index (χ3n) is 2.44. The van der Waals surface area contributed by atoms with Gasteiger partial charge in [0.25, 0.3) is 0 Å². The Balaban J connectivity index is 2.69. The van der Waals surface area contributed by atoms with Crippen molar-refractivity contribution < 1.29 is 8.42 Å². The van der Waals surface area contributed by atoms with Crippen molar-refractivity contribution in [1.29, 1.82) is 0 Å². The summed E-state index contributed by atoms with van der Waals surface area (Å²) in [6.07, 6.45) is 0.851. The largest absolute Gasteiger partial charge is 0.250 e. The minimum absolute atomic E-state index is 0.185. The van der Waals surface area contributed by atoms with Crippen LogP contribution < -0.4 is 4.72 Å². The fourth-order valence-electron chi connectivity index (χ4n) is 1.19. The summed E-state index contributed by atoms with van der Waals surface area (Å²) >= 11 is 7.32. The highest BCUT2D eigenvalue weighted by Gasteiger charge is 2.19. The Morgan fingerprint density at radius 2 is 2.06 bits per heavy atom. The highest BCUT2D eigenvalue weighted by atomic mass is 35.5. The Morgan fingerprint density at radius 3 is 2.53 bits per heavy atom. The van der Waals surface area contributed by atoms with Crippen LogP contribution in [0.25, 0.3) is 0 Å². The second kappa shape index (κ2) is 6.18. The molecule has 6 heteroatoms. The lowest BCUT2D eigenvalue weighted by molar-refractivity contribution is 0.557. The van der Waals surface area contributed by atoms with E-state index in [0.29, 0.717) is 4.21 Å². The molecule has 0 aliphatic rings. The number of hydrogen-bond acceptors (Lipinski definition) is 3. The van der Waals surface area contributed by atoms with Gasteiger partial charge in [0.05, 0.1) is 0 Å². The van der Waals surface area contributed by atoms with Gasteiger partial charge in [-0.15, -0.1) is 22.9 Å². The highest BCUT2D eigenvalue weighted by molar-refractivity contribution is 7.91. The molecule has 1 aromatic heterocycles. The number of hydrogen-bond donors (Lipinski definition) is 1. The molecule has 17 heavy (non-hydrogen) atoms. The van der Waals surface area contributed by atoms with Gasteiger partial charge in [-0.3, -0.25) is 0 Å². The van der Waals surface area contributed by atoms with Crippen LogP contribution in [0, 0.1) is 5.92 Å². The van der Waals surface area contributed by atoms with E-state index >= 15 is 0 Å². The zero-order valence-electron chi connectivity index (χ0n) is 10.2. The first-order chi connectivity index (χ1) is 7.86. The van der Waals surface area contributed by atoms with Crippen molar-refractivity contribution in [2.45, 2.75) is 36.8 Å². The van der Waals surface area contributed by atoms with E-state index in [1.807, 2.05) is 26.8 Å². The number of thiophene rings is 1. The number of sulfonamides is 1. The maximum absolute atomic E-state index is 11.9. The van der Waals surface area contributed by atoms with E-state index in [-0.39, 0.29) is 17.8 Å². The van der Waals surface area contributed by atoms with Gasteiger partial charge in [-0.05, 0) is 24.5 Å². The third-order valence-corrected chi connectivity index (χ3v) is 6.25. The predicted octanol–water partition coefficient (Wildman–Crippen LogP) is 2.85. The Hall–Kier alpha value is -0.100. The van der Waals surface area contributed by atoms with Crippen molar-refractivity contribution in [3.8, 4) is 0 Å². The lowest BCUT2D eigenvalue weighted by Crippen LogP contribution is -2.31. The molecule has 0 aromatic carbocycles. The molecule has 3 nitrogen and oxygen atoms in total. The Labute approximate surface area is 112 Å². The van der Waals surface area contributed by atoms with Gasteiger partial charge in [0, 0.05) is 16.8 Å². The molecule has 0 aliphatic carbocycles. The average Bonchev–Trinajstić information content (AvgIpc) is 2.75. The Kier molecular flexibility index (Phi) is 5.44. The summed E-state index contributed by atoms with van der Waals surface area (Å²) in [4.78, 5) is 1.07. The molecule has 0 saturated carbocycles. The number of nitrogens with one attached hydrogen (secondary N) is 1. The SMILES string of the molecule is CCc1ccc(S(=O)(=O)NCC(Cl)C(C)C)s1. The molecule has 0 spiro atoms. The van der Waals surface area contributed by atoms with Crippen LogP contribution in [0.1, 0.15) is 25.6 Å². The van der Waals surface area contributed by atoms with Crippen LogP contribution in [0.15, 0.2) is 16.3 Å². The summed E-state index contributed by atoms with van der Waals surface area (Å²) in [6, 6.07) is 3.49. The van der Waals surface area contributed by atoms with Gasteiger partial charge >= 0.3 is 0 Å². The Morgan fingerprint density at radius 1 is 1.41 bits per heavy atom. The molecule has 0 fully saturated rings. The lowest BCUT2D eigenvalue weighted by Gasteiger charge is -2.13. The van der Waals surface area contributed by atoms with Crippen LogP contribution in [0.5, 0.6) is 0 Å². The second-order valence-electron chi connectivity index (χ2n) is 4.19. The summed E-state index contributed by atoms with van der Waals surface area (Å²) in [5.74, 6) is 0.244. The van der Waals surface area contributed by atoms with Gasteiger partial charge < -0.3 is 0 Å². The van der Waals surface area contributed by atoms with Crippen LogP contribution in [0.3, 0.4) is 0 Å². The summed E-state index contributed by atoms with van der Waals surface area (Å²) in [6.45, 7) is 6.20. The van der Waals surface area contributed by atoms with Crippen LogP contribution in [0.2, 0.25) is 0 Å². The van der Waals surface area contributed by atoms with Gasteiger partial charge in [-0.25, -0.2) is 13.1 Å². The number of rotatable bonds is 6. The average molecular weight is 296 g/mol. The Bertz CT molecular complexity index is 454. The van der Waals surface area contributed by atoms with E-state index in [4.69, 9.17) is 11.6 Å². The molecule has 1 rings (SSSR count). The molecule has 1 N–H and O–H groups in total. The zero-order chi connectivity index (χ0) is 13.1. The van der Waals surface area contributed by atoms with Crippen LogP contribution in [0.4, 0.5) is 0 Å². The fourth-order valence-corrected chi connectivity index (χ4v) is 3.76. The quantitative estimate of drug-likeness (QED) is 0.820. The van der Waals surface area contributed by atoms with E-state index in [0.717, 1.165) is 11.3 Å². The molecule has 0 amide bonds. The van der Waals surface area contributed by atoms with Crippen molar-refractivity contribution in [2.24, 2.45) is 5.92 Å². The number of aryl methyl sites for hydroxylation is 1. The van der Waals surface area contributed by atoms with Gasteiger partial charge in [0.15, 0.2) is 0 Å². The summed E-state index contributed by atoms with van der Waals surface area (Å²) in [5, 5.41) is -0.185. The first-order valence-corrected chi connectivity index (χ1v) is 8.33. The van der Waals surface area contributed by atoms with E-state index in [1.165, 1.54) is 11.3 Å². The topological polar surface area (TPSA) is 46.2 Å². The van der Waals surface area contributed by atoms with Gasteiger partial charge in [0.2, 0.25) is 10.0 Å². The smallest absolute Gasteiger partial charge is 0.209 e. The number of alkyl halides is 1. The normalized spacial score (nSPS) is 14.2. The van der Waals surface area contributed by atoms with Crippen molar-refractivity contribution >= 4 is 33.0 Å². The molecule has 0 aliphatic heterocycles. The molecule has 1 atom stereocenters. The maximum atomic E-state index is 11.9. The predicted molar refractivity (Wildman–Crippen MR) is 73.4 cm³/mol. The highest BCUT2D eigenvalue weighted by Crippen LogP contribution is 2.22. The van der Waals surface area contributed by atoms with Crippen molar-refractivity contribution in [1.82, 2.24) is 4.72 Å². The molecule has 98 valence electrons. The molecule has 0 bridgehead atoms. The van der Waals surface area contributed by atoms with E-state index in [2.05, 4.69) is 4.72 Å². The molecule has 0 saturated heterocycles. The van der Waals surface area contributed by atoms with Crippen LogP contribution >= 0.6 is 22.9 Å². The second-order valence-corrected chi connectivity index (χ2v) is 7.91. The molecule has 0 radical (unpaired) electrons.